The van der Waals surface area contributed by atoms with Gasteiger partial charge in [0.1, 0.15) is 11.6 Å². The Morgan fingerprint density at radius 3 is 2.53 bits per heavy atom. The van der Waals surface area contributed by atoms with E-state index in [-0.39, 0.29) is 17.4 Å². The number of carbonyl (C=O) groups is 1. The van der Waals surface area contributed by atoms with Crippen molar-refractivity contribution < 1.29 is 22.9 Å². The van der Waals surface area contributed by atoms with E-state index in [1.807, 2.05) is 32.6 Å². The summed E-state index contributed by atoms with van der Waals surface area (Å²) in [6.07, 6.45) is 4.23. The number of fused-ring (bicyclic) bond motifs is 1. The highest BCUT2D eigenvalue weighted by molar-refractivity contribution is 7.89. The normalized spacial score (nSPS) is 19.6. The lowest BCUT2D eigenvalue weighted by Gasteiger charge is -2.43. The number of ether oxygens (including phenoxy) is 1. The number of aryl methyl sites for hydroxylation is 2. The lowest BCUT2D eigenvalue weighted by molar-refractivity contribution is -0.387. The molecule has 0 radical (unpaired) electrons. The first-order valence-electron chi connectivity index (χ1n) is 13.2. The van der Waals surface area contributed by atoms with Crippen LogP contribution in [0.2, 0.25) is 0 Å². The zero-order chi connectivity index (χ0) is 27.7. The summed E-state index contributed by atoms with van der Waals surface area (Å²) in [5, 5.41) is 11.5. The van der Waals surface area contributed by atoms with Gasteiger partial charge in [0.25, 0.3) is 5.69 Å². The first-order chi connectivity index (χ1) is 17.9. The lowest BCUT2D eigenvalue weighted by Crippen LogP contribution is -2.59. The molecular weight excluding hydrogens is 506 g/mol. The van der Waals surface area contributed by atoms with Crippen molar-refractivity contribution in [2.24, 2.45) is 0 Å². The third kappa shape index (κ3) is 6.08. The largest absolute Gasteiger partial charge is 0.459 e. The first-order valence-corrected chi connectivity index (χ1v) is 14.7. The molecule has 1 aliphatic carbocycles. The molecule has 206 valence electrons. The Bertz CT molecular complexity index is 1300. The standard InChI is InChI=1S/C28H37N3O6S/c1-5-23-19-29(15-16-30(23)38(35,36)26-12-7-6-11-24(26)31(33)34)25(27(32)37-28(2,3)4)18-20-13-14-21-9-8-10-22(21)17-20/h6-7,11-14,17,23,25H,5,8-10,15-16,18-19H2,1-4H3/t23-,25-/m0/s1. The summed E-state index contributed by atoms with van der Waals surface area (Å²) in [7, 11) is -4.11. The minimum absolute atomic E-state index is 0.121. The van der Waals surface area contributed by atoms with E-state index in [4.69, 9.17) is 4.74 Å². The maximum absolute atomic E-state index is 13.6. The molecule has 0 aromatic heterocycles. The molecule has 9 nitrogen and oxygen atoms in total. The number of esters is 1. The van der Waals surface area contributed by atoms with E-state index in [2.05, 4.69) is 18.2 Å². The van der Waals surface area contributed by atoms with Crippen LogP contribution in [0.4, 0.5) is 5.69 Å². The maximum Gasteiger partial charge on any atom is 0.324 e. The molecule has 0 unspecified atom stereocenters. The highest BCUT2D eigenvalue weighted by Crippen LogP contribution is 2.31. The Hall–Kier alpha value is -2.82. The van der Waals surface area contributed by atoms with Crippen LogP contribution in [0.1, 0.15) is 57.2 Å². The second kappa shape index (κ2) is 11.1. The number of benzene rings is 2. The molecule has 4 rings (SSSR count). The number of carbonyl (C=O) groups excluding carboxylic acids is 1. The smallest absolute Gasteiger partial charge is 0.324 e. The van der Waals surface area contributed by atoms with Gasteiger partial charge in [0, 0.05) is 31.7 Å². The van der Waals surface area contributed by atoms with E-state index in [1.165, 1.54) is 39.7 Å². The van der Waals surface area contributed by atoms with Gasteiger partial charge in [-0.1, -0.05) is 37.3 Å². The van der Waals surface area contributed by atoms with Crippen molar-refractivity contribution in [2.45, 2.75) is 82.4 Å². The summed E-state index contributed by atoms with van der Waals surface area (Å²) in [4.78, 5) is 26.0. The summed E-state index contributed by atoms with van der Waals surface area (Å²) in [6, 6.07) is 10.8. The summed E-state index contributed by atoms with van der Waals surface area (Å²) < 4.78 is 34.3. The zero-order valence-electron chi connectivity index (χ0n) is 22.6. The van der Waals surface area contributed by atoms with Crippen LogP contribution in [0.3, 0.4) is 0 Å². The van der Waals surface area contributed by atoms with E-state index in [0.717, 1.165) is 24.8 Å². The van der Waals surface area contributed by atoms with Crippen molar-refractivity contribution >= 4 is 21.7 Å². The van der Waals surface area contributed by atoms with Crippen LogP contribution in [-0.2, 0) is 38.8 Å². The van der Waals surface area contributed by atoms with Gasteiger partial charge in [-0.15, -0.1) is 0 Å². The topological polar surface area (TPSA) is 110 Å². The quantitative estimate of drug-likeness (QED) is 0.280. The fourth-order valence-electron chi connectivity index (χ4n) is 5.45. The number of nitro groups is 1. The van der Waals surface area contributed by atoms with Crippen LogP contribution in [0.5, 0.6) is 0 Å². The van der Waals surface area contributed by atoms with Crippen LogP contribution in [-0.4, -0.2) is 65.8 Å². The van der Waals surface area contributed by atoms with Gasteiger partial charge in [-0.05, 0) is 75.6 Å². The van der Waals surface area contributed by atoms with Gasteiger partial charge in [-0.2, -0.15) is 4.31 Å². The number of hydrogen-bond acceptors (Lipinski definition) is 7. The van der Waals surface area contributed by atoms with E-state index in [9.17, 15) is 23.3 Å². The number of rotatable bonds is 8. The molecule has 2 aromatic rings. The zero-order valence-corrected chi connectivity index (χ0v) is 23.4. The van der Waals surface area contributed by atoms with Gasteiger partial charge in [0.15, 0.2) is 4.90 Å². The molecule has 0 saturated carbocycles. The van der Waals surface area contributed by atoms with Crippen LogP contribution in [0, 0.1) is 10.1 Å². The molecule has 10 heteroatoms. The molecule has 1 aliphatic heterocycles. The second-order valence-corrected chi connectivity index (χ2v) is 13.0. The summed E-state index contributed by atoms with van der Waals surface area (Å²) in [5.41, 5.74) is 2.66. The van der Waals surface area contributed by atoms with Gasteiger partial charge < -0.3 is 4.74 Å². The van der Waals surface area contributed by atoms with Crippen molar-refractivity contribution in [2.75, 3.05) is 19.6 Å². The first kappa shape index (κ1) is 28.2. The summed E-state index contributed by atoms with van der Waals surface area (Å²) in [6.45, 7) is 8.16. The average Bonchev–Trinajstić information content (AvgIpc) is 3.33. The van der Waals surface area contributed by atoms with Crippen molar-refractivity contribution in [3.63, 3.8) is 0 Å². The SMILES string of the molecule is CC[C@H]1CN([C@@H](Cc2ccc3c(c2)CCC3)C(=O)OC(C)(C)C)CCN1S(=O)(=O)c1ccccc1[N+](=O)[O-]. The van der Waals surface area contributed by atoms with E-state index in [1.54, 1.807) is 0 Å². The molecule has 2 aliphatic rings. The van der Waals surface area contributed by atoms with Gasteiger partial charge in [-0.3, -0.25) is 19.8 Å². The predicted molar refractivity (Wildman–Crippen MR) is 144 cm³/mol. The van der Waals surface area contributed by atoms with E-state index in [0.29, 0.717) is 25.9 Å². The third-order valence-electron chi connectivity index (χ3n) is 7.29. The minimum Gasteiger partial charge on any atom is -0.459 e. The molecule has 0 bridgehead atoms. The molecule has 38 heavy (non-hydrogen) atoms. The maximum atomic E-state index is 13.6. The number of piperazine rings is 1. The molecule has 0 spiro atoms. The Morgan fingerprint density at radius 2 is 1.84 bits per heavy atom. The molecule has 0 amide bonds. The number of hydrogen-bond donors (Lipinski definition) is 0. The molecule has 1 fully saturated rings. The van der Waals surface area contributed by atoms with E-state index >= 15 is 0 Å². The lowest BCUT2D eigenvalue weighted by atomic mass is 9.98. The van der Waals surface area contributed by atoms with E-state index < -0.39 is 38.3 Å². The van der Waals surface area contributed by atoms with Crippen molar-refractivity contribution in [1.29, 1.82) is 0 Å². The van der Waals surface area contributed by atoms with Crippen LogP contribution < -0.4 is 0 Å². The molecule has 2 atom stereocenters. The summed E-state index contributed by atoms with van der Waals surface area (Å²) >= 11 is 0. The Balaban J connectivity index is 1.60. The number of sulfonamides is 1. The number of para-hydroxylation sites is 1. The second-order valence-electron chi connectivity index (χ2n) is 11.1. The van der Waals surface area contributed by atoms with Crippen molar-refractivity contribution in [3.8, 4) is 0 Å². The van der Waals surface area contributed by atoms with Crippen molar-refractivity contribution in [1.82, 2.24) is 9.21 Å². The van der Waals surface area contributed by atoms with Crippen LogP contribution >= 0.6 is 0 Å². The molecule has 1 saturated heterocycles. The number of nitrogens with zero attached hydrogens (tertiary/aromatic N) is 3. The highest BCUT2D eigenvalue weighted by Gasteiger charge is 2.42. The Kier molecular flexibility index (Phi) is 8.25. The van der Waals surface area contributed by atoms with Gasteiger partial charge in [0.05, 0.1) is 4.92 Å². The molecule has 2 aromatic carbocycles. The van der Waals surface area contributed by atoms with Crippen LogP contribution in [0.25, 0.3) is 0 Å². The predicted octanol–water partition coefficient (Wildman–Crippen LogP) is 4.12. The fraction of sp³-hybridized carbons (Fsp3) is 0.536. The molecule has 0 N–H and O–H groups in total. The van der Waals surface area contributed by atoms with Gasteiger partial charge in [-0.25, -0.2) is 8.42 Å². The highest BCUT2D eigenvalue weighted by atomic mass is 32.2. The van der Waals surface area contributed by atoms with Crippen molar-refractivity contribution in [3.05, 3.63) is 69.3 Å². The van der Waals surface area contributed by atoms with Gasteiger partial charge in [0.2, 0.25) is 10.0 Å². The number of nitro benzene ring substituents is 1. The Labute approximate surface area is 225 Å². The minimum atomic E-state index is -4.11. The monoisotopic (exact) mass is 543 g/mol. The van der Waals surface area contributed by atoms with Gasteiger partial charge >= 0.3 is 5.97 Å². The Morgan fingerprint density at radius 1 is 1.13 bits per heavy atom. The third-order valence-corrected chi connectivity index (χ3v) is 9.29. The fourth-order valence-corrected chi connectivity index (χ4v) is 7.29. The van der Waals surface area contributed by atoms with Crippen LogP contribution in [0.15, 0.2) is 47.4 Å². The molecular formula is C28H37N3O6S. The average molecular weight is 544 g/mol. The molecule has 1 heterocycles. The summed E-state index contributed by atoms with van der Waals surface area (Å²) in [5.74, 6) is -0.331.